The number of hydrogen-bond donors (Lipinski definition) is 3. The van der Waals surface area contributed by atoms with Crippen molar-refractivity contribution >= 4 is 34.2 Å². The van der Waals surface area contributed by atoms with Gasteiger partial charge in [-0.3, -0.25) is 9.89 Å². The first-order chi connectivity index (χ1) is 12.8. The van der Waals surface area contributed by atoms with Crippen LogP contribution in [0.4, 0.5) is 5.82 Å². The van der Waals surface area contributed by atoms with Gasteiger partial charge >= 0.3 is 0 Å². The number of H-pyrrole nitrogens is 1. The molecular formula is C18H23ClN6O. The van der Waals surface area contributed by atoms with Crippen LogP contribution in [-0.4, -0.2) is 25.7 Å². The van der Waals surface area contributed by atoms with Crippen molar-refractivity contribution in [3.05, 3.63) is 39.9 Å². The summed E-state index contributed by atoms with van der Waals surface area (Å²) in [5.74, 6) is -0.312. The second-order valence-electron chi connectivity index (χ2n) is 7.24. The second-order valence-corrected chi connectivity index (χ2v) is 7.65. The molecule has 1 amide bonds. The van der Waals surface area contributed by atoms with Gasteiger partial charge in [0, 0.05) is 17.5 Å². The smallest absolute Gasteiger partial charge is 0.267 e. The van der Waals surface area contributed by atoms with Crippen LogP contribution in [0, 0.1) is 6.92 Å². The topological polar surface area (TPSA) is 102 Å². The van der Waals surface area contributed by atoms with Crippen molar-refractivity contribution in [2.24, 2.45) is 12.8 Å². The number of carbonyl (C=O) groups is 1. The van der Waals surface area contributed by atoms with E-state index in [4.69, 9.17) is 20.1 Å². The molecule has 0 radical (unpaired) electrons. The van der Waals surface area contributed by atoms with Crippen molar-refractivity contribution in [1.29, 1.82) is 0 Å². The van der Waals surface area contributed by atoms with E-state index in [1.807, 2.05) is 6.07 Å². The molecule has 3 aromatic rings. The first-order valence-electron chi connectivity index (χ1n) is 9.13. The summed E-state index contributed by atoms with van der Waals surface area (Å²) in [4.78, 5) is 15.8. The Hall–Kier alpha value is -2.54. The third kappa shape index (κ3) is 3.14. The Morgan fingerprint density at radius 3 is 2.73 bits per heavy atom. The van der Waals surface area contributed by atoms with Gasteiger partial charge in [0.25, 0.3) is 5.91 Å². The number of halogens is 1. The van der Waals surface area contributed by atoms with Gasteiger partial charge in [-0.25, -0.2) is 4.98 Å². The summed E-state index contributed by atoms with van der Waals surface area (Å²) in [6.45, 7) is 5.66. The van der Waals surface area contributed by atoms with Gasteiger partial charge in [0.05, 0.1) is 20.4 Å². The van der Waals surface area contributed by atoms with E-state index in [1.165, 1.54) is 4.57 Å². The summed E-state index contributed by atoms with van der Waals surface area (Å²) in [5, 5.41) is 11.2. The Morgan fingerprint density at radius 1 is 1.46 bits per heavy atom. The maximum atomic E-state index is 11.6. The number of amides is 1. The molecule has 0 unspecified atom stereocenters. The summed E-state index contributed by atoms with van der Waals surface area (Å²) in [7, 11) is 1.55. The van der Waals surface area contributed by atoms with Crippen LogP contribution in [-0.2, 0) is 19.0 Å². The third-order valence-electron chi connectivity index (χ3n) is 4.25. The molecule has 0 saturated heterocycles. The lowest BCUT2D eigenvalue weighted by molar-refractivity contribution is 0.0991. The molecule has 0 saturated carbocycles. The number of nitrogens with one attached hydrogen (secondary N) is 2. The molecule has 2 aromatic heterocycles. The Labute approximate surface area is 159 Å². The molecule has 26 heavy (non-hydrogen) atoms. The lowest BCUT2D eigenvalue weighted by atomic mass is 9.86. The Balaban J connectivity index is 2.07. The molecule has 4 N–H and O–H groups in total. The minimum atomic E-state index is -2.10. The molecule has 8 heteroatoms. The maximum Gasteiger partial charge on any atom is 0.267 e. The molecule has 0 spiro atoms. The zero-order valence-corrected chi connectivity index (χ0v) is 16.1. The summed E-state index contributed by atoms with van der Waals surface area (Å²) in [6, 6.07) is 3.68. The summed E-state index contributed by atoms with van der Waals surface area (Å²) < 4.78 is 18.3. The van der Waals surface area contributed by atoms with Gasteiger partial charge in [0.15, 0.2) is 5.82 Å². The number of rotatable bonds is 4. The number of hydrogen-bond acceptors (Lipinski definition) is 4. The molecule has 7 nitrogen and oxygen atoms in total. The van der Waals surface area contributed by atoms with E-state index in [-0.39, 0.29) is 16.9 Å². The van der Waals surface area contributed by atoms with E-state index in [9.17, 15) is 4.79 Å². The van der Waals surface area contributed by atoms with Gasteiger partial charge < -0.3 is 15.6 Å². The van der Waals surface area contributed by atoms with Gasteiger partial charge in [-0.2, -0.15) is 5.10 Å². The highest BCUT2D eigenvalue weighted by Gasteiger charge is 2.20. The first-order valence-corrected chi connectivity index (χ1v) is 8.50. The van der Waals surface area contributed by atoms with Gasteiger partial charge in [-0.05, 0) is 30.0 Å². The van der Waals surface area contributed by atoms with E-state index >= 15 is 0 Å². The molecule has 0 bridgehead atoms. The first kappa shape index (κ1) is 15.7. The van der Waals surface area contributed by atoms with Crippen LogP contribution in [0.5, 0.6) is 0 Å². The van der Waals surface area contributed by atoms with Crippen molar-refractivity contribution in [2.45, 2.75) is 39.6 Å². The van der Waals surface area contributed by atoms with Gasteiger partial charge in [-0.1, -0.05) is 32.4 Å². The summed E-state index contributed by atoms with van der Waals surface area (Å²) in [6.07, 6.45) is 0. The van der Waals surface area contributed by atoms with Crippen molar-refractivity contribution in [3.8, 4) is 0 Å². The average molecular weight is 377 g/mol. The quantitative estimate of drug-likeness (QED) is 0.650. The number of anilines is 1. The largest absolute Gasteiger partial charge is 0.364 e. The zero-order chi connectivity index (χ0) is 21.0. The average Bonchev–Trinajstić information content (AvgIpc) is 3.05. The highest BCUT2D eigenvalue weighted by atomic mass is 35.5. The summed E-state index contributed by atoms with van der Waals surface area (Å²) in [5.41, 5.74) is 7.33. The van der Waals surface area contributed by atoms with Crippen LogP contribution >= 0.6 is 11.6 Å². The predicted octanol–water partition coefficient (Wildman–Crippen LogP) is 3.27. The highest BCUT2D eigenvalue weighted by Crippen LogP contribution is 2.34. The van der Waals surface area contributed by atoms with Crippen LogP contribution in [0.2, 0.25) is 5.02 Å². The SMILES string of the molecule is [2H]C([2H])(Nc1n[nH]c2cc(Cl)c(C(C)(C)C)cc12)c1nc(C)c(C(N)=O)n1C. The lowest BCUT2D eigenvalue weighted by Crippen LogP contribution is -2.18. The van der Waals surface area contributed by atoms with E-state index in [0.717, 1.165) is 5.56 Å². The highest BCUT2D eigenvalue weighted by molar-refractivity contribution is 6.32. The molecular weight excluding hydrogens is 352 g/mol. The van der Waals surface area contributed by atoms with Crippen LogP contribution in [0.1, 0.15) is 51.1 Å². The molecule has 0 aliphatic carbocycles. The molecule has 0 atom stereocenters. The molecule has 3 rings (SSSR count). The number of aryl methyl sites for hydroxylation is 1. The van der Waals surface area contributed by atoms with E-state index in [0.29, 0.717) is 27.4 Å². The third-order valence-corrected chi connectivity index (χ3v) is 4.57. The van der Waals surface area contributed by atoms with Gasteiger partial charge in [-0.15, -0.1) is 0 Å². The number of nitrogens with zero attached hydrogens (tertiary/aromatic N) is 3. The summed E-state index contributed by atoms with van der Waals surface area (Å²) >= 11 is 6.40. The molecule has 138 valence electrons. The number of imidazole rings is 1. The number of fused-ring (bicyclic) bond motifs is 1. The second kappa shape index (κ2) is 6.32. The Kier molecular flexibility index (Phi) is 3.81. The van der Waals surface area contributed by atoms with Crippen LogP contribution in [0.25, 0.3) is 10.9 Å². The van der Waals surface area contributed by atoms with Crippen molar-refractivity contribution in [2.75, 3.05) is 5.32 Å². The number of aromatic amines is 1. The molecule has 0 fully saturated rings. The van der Waals surface area contributed by atoms with Gasteiger partial charge in [0.2, 0.25) is 0 Å². The van der Waals surface area contributed by atoms with Crippen molar-refractivity contribution in [1.82, 2.24) is 19.7 Å². The van der Waals surface area contributed by atoms with Crippen molar-refractivity contribution < 1.29 is 7.54 Å². The van der Waals surface area contributed by atoms with Crippen LogP contribution in [0.3, 0.4) is 0 Å². The Bertz CT molecular complexity index is 1080. The fourth-order valence-electron chi connectivity index (χ4n) is 2.91. The number of nitrogens with two attached hydrogens (primary N) is 1. The normalized spacial score (nSPS) is 13.6. The van der Waals surface area contributed by atoms with Crippen LogP contribution in [0.15, 0.2) is 12.1 Å². The number of aromatic nitrogens is 4. The molecule has 2 heterocycles. The van der Waals surface area contributed by atoms with E-state index < -0.39 is 12.4 Å². The minimum Gasteiger partial charge on any atom is -0.364 e. The lowest BCUT2D eigenvalue weighted by Gasteiger charge is -2.20. The minimum absolute atomic E-state index is 0.0277. The van der Waals surface area contributed by atoms with E-state index in [1.54, 1.807) is 20.0 Å². The fourth-order valence-corrected chi connectivity index (χ4v) is 3.36. The standard InChI is InChI=1S/C18H23ClN6O/c1-9-15(16(20)26)25(5)14(22-9)8-21-17-10-6-11(18(2,3)4)12(19)7-13(10)23-24-17/h6-7H,8H2,1-5H3,(H2,20,26)(H2,21,23,24)/i8D2. The number of carbonyl (C=O) groups excluding carboxylic acids is 1. The van der Waals surface area contributed by atoms with E-state index in [2.05, 4.69) is 41.3 Å². The molecule has 0 aliphatic rings. The van der Waals surface area contributed by atoms with Crippen LogP contribution < -0.4 is 11.1 Å². The predicted molar refractivity (Wildman–Crippen MR) is 104 cm³/mol. The molecule has 0 aliphatic heterocycles. The number of primary amides is 1. The monoisotopic (exact) mass is 376 g/mol. The fraction of sp³-hybridized carbons (Fsp3) is 0.389. The molecule has 1 aromatic carbocycles. The van der Waals surface area contributed by atoms with Crippen molar-refractivity contribution in [3.63, 3.8) is 0 Å². The van der Waals surface area contributed by atoms with Gasteiger partial charge in [0.1, 0.15) is 11.5 Å². The zero-order valence-electron chi connectivity index (χ0n) is 17.4. The maximum absolute atomic E-state index is 11.6. The number of benzene rings is 1. The Morgan fingerprint density at radius 2 is 2.15 bits per heavy atom.